The summed E-state index contributed by atoms with van der Waals surface area (Å²) in [6, 6.07) is 8.24. The Morgan fingerprint density at radius 1 is 1.26 bits per heavy atom. The summed E-state index contributed by atoms with van der Waals surface area (Å²) >= 11 is 8.95. The van der Waals surface area contributed by atoms with Crippen molar-refractivity contribution in [3.8, 4) is 0 Å². The lowest BCUT2D eigenvalue weighted by Crippen LogP contribution is -2.35. The zero-order valence-electron chi connectivity index (χ0n) is 20.0. The zero-order valence-corrected chi connectivity index (χ0v) is 22.4. The summed E-state index contributed by atoms with van der Waals surface area (Å²) in [5, 5.41) is 8.46. The second kappa shape index (κ2) is 12.2. The van der Waals surface area contributed by atoms with E-state index >= 15 is 0 Å². The molecule has 186 valence electrons. The fraction of sp³-hybridized carbons (Fsp3) is 0.400. The third-order valence-electron chi connectivity index (χ3n) is 5.43. The van der Waals surface area contributed by atoms with Crippen molar-refractivity contribution in [2.75, 3.05) is 13.1 Å². The van der Waals surface area contributed by atoms with Crippen molar-refractivity contribution < 1.29 is 8.91 Å². The predicted molar refractivity (Wildman–Crippen MR) is 143 cm³/mol. The minimum Gasteiger partial charge on any atom is -0.361 e. The van der Waals surface area contributed by atoms with E-state index in [0.717, 1.165) is 40.5 Å². The van der Waals surface area contributed by atoms with Gasteiger partial charge in [0.15, 0.2) is 10.8 Å². The summed E-state index contributed by atoms with van der Waals surface area (Å²) < 4.78 is 21.0. The van der Waals surface area contributed by atoms with Gasteiger partial charge in [0.1, 0.15) is 17.3 Å². The highest BCUT2D eigenvalue weighted by atomic mass is 35.5. The highest BCUT2D eigenvalue weighted by Gasteiger charge is 2.37. The van der Waals surface area contributed by atoms with Crippen LogP contribution in [0, 0.1) is 12.7 Å². The highest BCUT2D eigenvalue weighted by Crippen LogP contribution is 2.37. The summed E-state index contributed by atoms with van der Waals surface area (Å²) in [4.78, 5) is 11.6. The van der Waals surface area contributed by atoms with Crippen LogP contribution >= 0.6 is 34.9 Å². The Morgan fingerprint density at radius 3 is 2.69 bits per heavy atom. The first kappa shape index (κ1) is 25.9. The number of hydrogen-bond acceptors (Lipinski definition) is 8. The maximum absolute atomic E-state index is 12.1. The van der Waals surface area contributed by atoms with E-state index in [1.807, 2.05) is 50.4 Å². The first-order valence-electron chi connectivity index (χ1n) is 11.8. The fourth-order valence-electron chi connectivity index (χ4n) is 3.74. The monoisotopic (exact) mass is 533 g/mol. The number of aromatic nitrogens is 2. The lowest BCUT2D eigenvalue weighted by atomic mass is 10.1. The number of hydrogen-bond donors (Lipinski definition) is 1. The van der Waals surface area contributed by atoms with Crippen LogP contribution in [0.3, 0.4) is 0 Å². The van der Waals surface area contributed by atoms with Crippen LogP contribution in [0.15, 0.2) is 57.1 Å². The summed E-state index contributed by atoms with van der Waals surface area (Å²) in [5.74, 6) is 1.54. The molecule has 0 bridgehead atoms. The standard InChI is InChI=1S/C17H19N5OS2.C6H4ClF.C2H6/c1-10-6-14(20-23-10)13-8-19-16(17-18-4-5-24-17)22-9-11(7-15(13)22)21-25-12-2-3-12;7-5-2-1-3-6(8)4-5;1-2/h4-6,11-12,21H,2-3,7-9H2,1H3;1-4H;1-2H3. The molecule has 4 heterocycles. The van der Waals surface area contributed by atoms with Gasteiger partial charge < -0.3 is 9.42 Å². The molecule has 1 saturated heterocycles. The summed E-state index contributed by atoms with van der Waals surface area (Å²) in [6.07, 6.45) is 5.51. The maximum Gasteiger partial charge on any atom is 0.165 e. The van der Waals surface area contributed by atoms with Crippen molar-refractivity contribution in [2.45, 2.75) is 51.3 Å². The molecule has 6 nitrogen and oxygen atoms in total. The highest BCUT2D eigenvalue weighted by molar-refractivity contribution is 7.98. The molecule has 1 saturated carbocycles. The van der Waals surface area contributed by atoms with Crippen LogP contribution in [0.1, 0.15) is 49.6 Å². The van der Waals surface area contributed by atoms with Crippen LogP contribution < -0.4 is 4.72 Å². The third kappa shape index (κ3) is 6.73. The molecule has 0 radical (unpaired) electrons. The summed E-state index contributed by atoms with van der Waals surface area (Å²) in [6.45, 7) is 7.49. The molecule has 3 aromatic rings. The van der Waals surface area contributed by atoms with Crippen molar-refractivity contribution in [1.29, 1.82) is 0 Å². The van der Waals surface area contributed by atoms with E-state index < -0.39 is 0 Å². The normalized spacial score (nSPS) is 18.8. The molecule has 2 aromatic heterocycles. The molecule has 35 heavy (non-hydrogen) atoms. The third-order valence-corrected chi connectivity index (χ3v) is 7.71. The van der Waals surface area contributed by atoms with E-state index in [4.69, 9.17) is 21.1 Å². The van der Waals surface area contributed by atoms with Gasteiger partial charge >= 0.3 is 0 Å². The van der Waals surface area contributed by atoms with E-state index in [1.54, 1.807) is 23.5 Å². The van der Waals surface area contributed by atoms with Crippen molar-refractivity contribution in [3.63, 3.8) is 0 Å². The van der Waals surface area contributed by atoms with Gasteiger partial charge in [-0.3, -0.25) is 9.71 Å². The second-order valence-corrected chi connectivity index (χ2v) is 10.6. The van der Waals surface area contributed by atoms with Gasteiger partial charge in [0.25, 0.3) is 0 Å². The number of nitrogens with zero attached hydrogens (tertiary/aromatic N) is 4. The minimum atomic E-state index is -0.294. The first-order valence-corrected chi connectivity index (χ1v) is 13.9. The number of aryl methyl sites for hydroxylation is 1. The molecule has 10 heteroatoms. The van der Waals surface area contributed by atoms with Crippen molar-refractivity contribution >= 4 is 46.3 Å². The van der Waals surface area contributed by atoms with E-state index in [2.05, 4.69) is 19.8 Å². The topological polar surface area (TPSA) is 66.5 Å². The van der Waals surface area contributed by atoms with Crippen molar-refractivity contribution in [3.05, 3.63) is 74.9 Å². The number of thiazole rings is 1. The van der Waals surface area contributed by atoms with Gasteiger partial charge in [-0.25, -0.2) is 9.37 Å². The molecular weight excluding hydrogens is 505 g/mol. The van der Waals surface area contributed by atoms with Gasteiger partial charge in [0, 0.05) is 58.2 Å². The van der Waals surface area contributed by atoms with E-state index in [1.165, 1.54) is 36.2 Å². The molecule has 3 aliphatic rings. The van der Waals surface area contributed by atoms with Crippen LogP contribution in [-0.4, -0.2) is 45.3 Å². The summed E-state index contributed by atoms with van der Waals surface area (Å²) in [7, 11) is 0. The average molecular weight is 534 g/mol. The fourth-order valence-corrected chi connectivity index (χ4v) is 5.49. The molecule has 1 atom stereocenters. The number of aliphatic imine (C=N–C) groups is 1. The number of nitrogens with one attached hydrogen (secondary N) is 1. The van der Waals surface area contributed by atoms with Gasteiger partial charge in [0.2, 0.25) is 0 Å². The number of halogens is 2. The Balaban J connectivity index is 0.000000245. The first-order chi connectivity index (χ1) is 17.1. The Kier molecular flexibility index (Phi) is 8.99. The van der Waals surface area contributed by atoms with Crippen molar-refractivity contribution in [1.82, 2.24) is 19.8 Å². The number of benzene rings is 1. The number of fused-ring (bicyclic) bond motifs is 1. The molecule has 2 aliphatic heterocycles. The molecular formula is C25H29ClFN5OS2. The largest absolute Gasteiger partial charge is 0.361 e. The summed E-state index contributed by atoms with van der Waals surface area (Å²) in [5.41, 5.74) is 3.40. The van der Waals surface area contributed by atoms with Gasteiger partial charge in [-0.15, -0.1) is 11.3 Å². The van der Waals surface area contributed by atoms with Crippen LogP contribution in [0.25, 0.3) is 5.57 Å². The quantitative estimate of drug-likeness (QED) is 0.373. The lowest BCUT2D eigenvalue weighted by Gasteiger charge is -2.26. The number of amidine groups is 1. The Bertz CT molecular complexity index is 1160. The van der Waals surface area contributed by atoms with Gasteiger partial charge in [0.05, 0.1) is 6.54 Å². The minimum absolute atomic E-state index is 0.294. The average Bonchev–Trinajstić information content (AvgIpc) is 3.21. The SMILES string of the molecule is CC.Cc1cc(C2=C3CC(NSC4CC4)CN3C(c3nccs3)=NC2)no1.Fc1cccc(Cl)c1. The maximum atomic E-state index is 12.1. The van der Waals surface area contributed by atoms with Gasteiger partial charge in [-0.05, 0) is 38.0 Å². The molecule has 1 unspecified atom stereocenters. The predicted octanol–water partition coefficient (Wildman–Crippen LogP) is 6.59. The van der Waals surface area contributed by atoms with Crippen molar-refractivity contribution in [2.24, 2.45) is 4.99 Å². The Labute approximate surface area is 218 Å². The second-order valence-electron chi connectivity index (χ2n) is 8.11. The van der Waals surface area contributed by atoms with Crippen LogP contribution in [0.5, 0.6) is 0 Å². The smallest absolute Gasteiger partial charge is 0.165 e. The molecule has 1 N–H and O–H groups in total. The number of rotatable bonds is 5. The van der Waals surface area contributed by atoms with Crippen LogP contribution in [0.2, 0.25) is 5.02 Å². The Morgan fingerprint density at radius 2 is 2.09 bits per heavy atom. The van der Waals surface area contributed by atoms with Crippen LogP contribution in [-0.2, 0) is 0 Å². The Hall–Kier alpha value is -2.20. The van der Waals surface area contributed by atoms with Gasteiger partial charge in [-0.2, -0.15) is 0 Å². The molecule has 1 aromatic carbocycles. The molecule has 0 amide bonds. The lowest BCUT2D eigenvalue weighted by molar-refractivity contribution is 0.395. The molecule has 0 spiro atoms. The van der Waals surface area contributed by atoms with Crippen LogP contribution in [0.4, 0.5) is 4.39 Å². The van der Waals surface area contributed by atoms with E-state index in [0.29, 0.717) is 17.6 Å². The molecule has 2 fully saturated rings. The van der Waals surface area contributed by atoms with Gasteiger partial charge in [-0.1, -0.05) is 48.6 Å². The zero-order chi connectivity index (χ0) is 24.8. The van der Waals surface area contributed by atoms with E-state index in [9.17, 15) is 4.39 Å². The molecule has 1 aliphatic carbocycles. The molecule has 6 rings (SSSR count). The van der Waals surface area contributed by atoms with E-state index in [-0.39, 0.29) is 5.82 Å².